The van der Waals surface area contributed by atoms with Gasteiger partial charge in [-0.05, 0) is 18.2 Å². The fraction of sp³-hybridized carbons (Fsp3) is 0.267. The van der Waals surface area contributed by atoms with E-state index in [2.05, 4.69) is 10.3 Å². The number of nitrogens with one attached hydrogen (secondary N) is 1. The summed E-state index contributed by atoms with van der Waals surface area (Å²) in [6, 6.07) is 4.60. The fourth-order valence-corrected chi connectivity index (χ4v) is 2.74. The minimum atomic E-state index is -1.09. The maximum atomic E-state index is 12.2. The van der Waals surface area contributed by atoms with Crippen molar-refractivity contribution in [3.63, 3.8) is 0 Å². The first-order chi connectivity index (χ1) is 10.9. The lowest BCUT2D eigenvalue weighted by Gasteiger charge is -2.08. The second kappa shape index (κ2) is 7.43. The van der Waals surface area contributed by atoms with Gasteiger partial charge in [-0.3, -0.25) is 4.79 Å². The predicted molar refractivity (Wildman–Crippen MR) is 88.7 cm³/mol. The molecule has 2 aromatic rings. The number of hydrogen-bond acceptors (Lipinski definition) is 5. The SMILES string of the molecule is CC(C)c1ncc(C(=O)Nc2ccc(OCC(=O)O)c(Cl)c2)s1. The standard InChI is InChI=1S/C15H15ClN2O4S/c1-8(2)15-17-6-12(23-15)14(21)18-9-3-4-11(10(16)5-9)22-7-13(19)20/h3-6,8H,7H2,1-2H3,(H,18,21)(H,19,20). The van der Waals surface area contributed by atoms with Gasteiger partial charge in [0.15, 0.2) is 6.61 Å². The van der Waals surface area contributed by atoms with Crippen LogP contribution >= 0.6 is 22.9 Å². The molecule has 1 amide bonds. The summed E-state index contributed by atoms with van der Waals surface area (Å²) < 4.78 is 5.02. The van der Waals surface area contributed by atoms with E-state index in [-0.39, 0.29) is 22.6 Å². The van der Waals surface area contributed by atoms with Gasteiger partial charge in [0.1, 0.15) is 10.6 Å². The summed E-state index contributed by atoms with van der Waals surface area (Å²) in [6.07, 6.45) is 1.54. The molecule has 1 aromatic heterocycles. The van der Waals surface area contributed by atoms with Crippen LogP contribution in [0.5, 0.6) is 5.75 Å². The third-order valence-electron chi connectivity index (χ3n) is 2.78. The molecular weight excluding hydrogens is 340 g/mol. The van der Waals surface area contributed by atoms with E-state index in [9.17, 15) is 9.59 Å². The predicted octanol–water partition coefficient (Wildman–Crippen LogP) is 3.64. The average molecular weight is 355 g/mol. The maximum Gasteiger partial charge on any atom is 0.341 e. The Labute approximate surface area is 142 Å². The van der Waals surface area contributed by atoms with Gasteiger partial charge in [-0.15, -0.1) is 11.3 Å². The maximum absolute atomic E-state index is 12.2. The highest BCUT2D eigenvalue weighted by atomic mass is 35.5. The molecule has 0 fully saturated rings. The number of thiazole rings is 1. The molecule has 23 heavy (non-hydrogen) atoms. The van der Waals surface area contributed by atoms with E-state index in [0.29, 0.717) is 10.6 Å². The Balaban J connectivity index is 2.05. The van der Waals surface area contributed by atoms with Crippen LogP contribution in [0.3, 0.4) is 0 Å². The summed E-state index contributed by atoms with van der Waals surface area (Å²) >= 11 is 7.35. The number of carboxylic acids is 1. The van der Waals surface area contributed by atoms with Crippen molar-refractivity contribution in [2.75, 3.05) is 11.9 Å². The Kier molecular flexibility index (Phi) is 5.57. The van der Waals surface area contributed by atoms with E-state index < -0.39 is 12.6 Å². The Morgan fingerprint density at radius 1 is 1.43 bits per heavy atom. The molecule has 0 aliphatic rings. The topological polar surface area (TPSA) is 88.5 Å². The molecule has 0 aliphatic carbocycles. The van der Waals surface area contributed by atoms with Crippen LogP contribution in [0.25, 0.3) is 0 Å². The van der Waals surface area contributed by atoms with Gasteiger partial charge in [0, 0.05) is 11.6 Å². The number of carboxylic acid groups (broad SMARTS) is 1. The van der Waals surface area contributed by atoms with Gasteiger partial charge >= 0.3 is 5.97 Å². The monoisotopic (exact) mass is 354 g/mol. The van der Waals surface area contributed by atoms with Crippen molar-refractivity contribution < 1.29 is 19.4 Å². The van der Waals surface area contributed by atoms with E-state index in [1.54, 1.807) is 12.3 Å². The number of aromatic nitrogens is 1. The molecule has 1 heterocycles. The lowest BCUT2D eigenvalue weighted by molar-refractivity contribution is -0.139. The van der Waals surface area contributed by atoms with Crippen LogP contribution in [-0.2, 0) is 4.79 Å². The fourth-order valence-electron chi connectivity index (χ4n) is 1.69. The first-order valence-corrected chi connectivity index (χ1v) is 7.97. The number of nitrogens with zero attached hydrogens (tertiary/aromatic N) is 1. The Morgan fingerprint density at radius 3 is 2.74 bits per heavy atom. The van der Waals surface area contributed by atoms with E-state index >= 15 is 0 Å². The number of benzene rings is 1. The van der Waals surface area contributed by atoms with Crippen LogP contribution in [0.15, 0.2) is 24.4 Å². The zero-order valence-corrected chi connectivity index (χ0v) is 14.1. The van der Waals surface area contributed by atoms with E-state index in [0.717, 1.165) is 5.01 Å². The van der Waals surface area contributed by atoms with Gasteiger partial charge in [-0.2, -0.15) is 0 Å². The zero-order valence-electron chi connectivity index (χ0n) is 12.5. The molecular formula is C15H15ClN2O4S. The van der Waals surface area contributed by atoms with Gasteiger partial charge < -0.3 is 15.2 Å². The van der Waals surface area contributed by atoms with Gasteiger partial charge in [-0.1, -0.05) is 25.4 Å². The summed E-state index contributed by atoms with van der Waals surface area (Å²) in [4.78, 5) is 27.4. The van der Waals surface area contributed by atoms with Crippen LogP contribution in [0.4, 0.5) is 5.69 Å². The van der Waals surface area contributed by atoms with Crippen LogP contribution < -0.4 is 10.1 Å². The lowest BCUT2D eigenvalue weighted by atomic mass is 10.2. The quantitative estimate of drug-likeness (QED) is 0.826. The molecule has 8 heteroatoms. The Morgan fingerprint density at radius 2 is 2.17 bits per heavy atom. The molecule has 6 nitrogen and oxygen atoms in total. The Bertz CT molecular complexity index is 730. The first kappa shape index (κ1) is 17.2. The number of aliphatic carboxylic acids is 1. The number of anilines is 1. The van der Waals surface area contributed by atoms with Crippen LogP contribution in [0, 0.1) is 0 Å². The summed E-state index contributed by atoms with van der Waals surface area (Å²) in [7, 11) is 0. The van der Waals surface area contributed by atoms with Crippen molar-refractivity contribution in [1.29, 1.82) is 0 Å². The van der Waals surface area contributed by atoms with Crippen molar-refractivity contribution in [3.05, 3.63) is 39.3 Å². The average Bonchev–Trinajstić information content (AvgIpc) is 2.96. The number of rotatable bonds is 6. The van der Waals surface area contributed by atoms with Crippen molar-refractivity contribution in [1.82, 2.24) is 4.98 Å². The molecule has 0 aliphatic heterocycles. The van der Waals surface area contributed by atoms with E-state index in [4.69, 9.17) is 21.4 Å². The number of halogens is 1. The second-order valence-corrected chi connectivity index (χ2v) is 6.47. The minimum absolute atomic E-state index is 0.219. The number of carbonyl (C=O) groups is 2. The molecule has 0 bridgehead atoms. The number of hydrogen-bond donors (Lipinski definition) is 2. The molecule has 2 rings (SSSR count). The Hall–Kier alpha value is -2.12. The van der Waals surface area contributed by atoms with Crippen molar-refractivity contribution in [2.45, 2.75) is 19.8 Å². The van der Waals surface area contributed by atoms with Crippen molar-refractivity contribution >= 4 is 40.5 Å². The van der Waals surface area contributed by atoms with Crippen molar-refractivity contribution in [2.24, 2.45) is 0 Å². The lowest BCUT2D eigenvalue weighted by Crippen LogP contribution is -2.11. The molecule has 122 valence electrons. The summed E-state index contributed by atoms with van der Waals surface area (Å²) in [5, 5.41) is 12.4. The molecule has 0 saturated carbocycles. The highest BCUT2D eigenvalue weighted by Gasteiger charge is 2.13. The third kappa shape index (κ3) is 4.67. The van der Waals surface area contributed by atoms with Crippen LogP contribution in [-0.4, -0.2) is 28.6 Å². The highest BCUT2D eigenvalue weighted by Crippen LogP contribution is 2.28. The summed E-state index contributed by atoms with van der Waals surface area (Å²) in [5.74, 6) is -0.858. The molecule has 0 saturated heterocycles. The van der Waals surface area contributed by atoms with E-state index in [1.807, 2.05) is 13.8 Å². The minimum Gasteiger partial charge on any atom is -0.480 e. The number of carbonyl (C=O) groups excluding carboxylic acids is 1. The molecule has 0 radical (unpaired) electrons. The normalized spacial score (nSPS) is 10.6. The van der Waals surface area contributed by atoms with Gasteiger partial charge in [0.2, 0.25) is 0 Å². The van der Waals surface area contributed by atoms with Crippen LogP contribution in [0.2, 0.25) is 5.02 Å². The van der Waals surface area contributed by atoms with Crippen molar-refractivity contribution in [3.8, 4) is 5.75 Å². The van der Waals surface area contributed by atoms with Gasteiger partial charge in [0.05, 0.1) is 16.2 Å². The largest absolute Gasteiger partial charge is 0.480 e. The van der Waals surface area contributed by atoms with E-state index in [1.165, 1.54) is 23.5 Å². The van der Waals surface area contributed by atoms with Gasteiger partial charge in [0.25, 0.3) is 5.91 Å². The smallest absolute Gasteiger partial charge is 0.341 e. The van der Waals surface area contributed by atoms with Gasteiger partial charge in [-0.25, -0.2) is 9.78 Å². The first-order valence-electron chi connectivity index (χ1n) is 6.78. The molecule has 1 aromatic carbocycles. The zero-order chi connectivity index (χ0) is 17.0. The van der Waals surface area contributed by atoms with Crippen LogP contribution in [0.1, 0.15) is 34.4 Å². The molecule has 0 unspecified atom stereocenters. The number of ether oxygens (including phenoxy) is 1. The molecule has 0 spiro atoms. The summed E-state index contributed by atoms with van der Waals surface area (Å²) in [5.41, 5.74) is 0.488. The molecule has 0 atom stereocenters. The second-order valence-electron chi connectivity index (χ2n) is 5.00. The number of amides is 1. The molecule has 2 N–H and O–H groups in total. The third-order valence-corrected chi connectivity index (χ3v) is 4.37. The highest BCUT2D eigenvalue weighted by molar-refractivity contribution is 7.13. The summed E-state index contributed by atoms with van der Waals surface area (Å²) in [6.45, 7) is 3.54.